The number of ether oxygens (including phenoxy) is 3. The van der Waals surface area contributed by atoms with Crippen LogP contribution in [0.1, 0.15) is 12.5 Å². The fourth-order valence-electron chi connectivity index (χ4n) is 3.78. The van der Waals surface area contributed by atoms with Crippen LogP contribution >= 0.6 is 15.9 Å². The zero-order valence-electron chi connectivity index (χ0n) is 21.0. The van der Waals surface area contributed by atoms with Gasteiger partial charge in [-0.1, -0.05) is 30.3 Å². The number of carbonyl (C=O) groups excluding carboxylic acids is 4. The van der Waals surface area contributed by atoms with Crippen molar-refractivity contribution >= 4 is 57.1 Å². The third kappa shape index (κ3) is 6.27. The standard InChI is InChI=1S/C28H24BrN3O7/c1-3-38-23-15-17(13-19-26(34)31-28(36)32(27(19)35)18-9-5-4-6-10-18)14-20(29)25(23)39-16-24(33)30-21-11-7-8-12-22(21)37-2/h4-15H,3,16H2,1-2H3,(H,30,33)(H,31,34,36)/b19-13-. The number of nitrogens with zero attached hydrogens (tertiary/aromatic N) is 1. The summed E-state index contributed by atoms with van der Waals surface area (Å²) < 4.78 is 17.1. The van der Waals surface area contributed by atoms with Crippen LogP contribution in [0.15, 0.2) is 76.8 Å². The topological polar surface area (TPSA) is 123 Å². The molecule has 3 aromatic carbocycles. The zero-order valence-corrected chi connectivity index (χ0v) is 22.6. The van der Waals surface area contributed by atoms with E-state index < -0.39 is 23.8 Å². The third-order valence-corrected chi connectivity index (χ3v) is 6.08. The SMILES string of the molecule is CCOc1cc(/C=C2/C(=O)NC(=O)N(c3ccccc3)C2=O)cc(Br)c1OCC(=O)Nc1ccccc1OC. The summed E-state index contributed by atoms with van der Waals surface area (Å²) >= 11 is 3.43. The Kier molecular flexibility index (Phi) is 8.62. The maximum absolute atomic E-state index is 13.1. The first-order valence-corrected chi connectivity index (χ1v) is 12.6. The number of amides is 5. The summed E-state index contributed by atoms with van der Waals surface area (Å²) in [6, 6.07) is 17.6. The molecule has 0 bridgehead atoms. The summed E-state index contributed by atoms with van der Waals surface area (Å²) in [4.78, 5) is 51.5. The van der Waals surface area contributed by atoms with Crippen LogP contribution in [0, 0.1) is 0 Å². The third-order valence-electron chi connectivity index (χ3n) is 5.49. The molecule has 200 valence electrons. The second kappa shape index (κ2) is 12.3. The van der Waals surface area contributed by atoms with Crippen LogP contribution < -0.4 is 29.7 Å². The van der Waals surface area contributed by atoms with E-state index in [0.717, 1.165) is 4.90 Å². The van der Waals surface area contributed by atoms with Gasteiger partial charge in [0.25, 0.3) is 17.7 Å². The lowest BCUT2D eigenvalue weighted by atomic mass is 10.1. The summed E-state index contributed by atoms with van der Waals surface area (Å²) in [6.07, 6.45) is 1.35. The molecule has 1 aliphatic rings. The minimum absolute atomic E-state index is 0.238. The molecule has 1 saturated heterocycles. The van der Waals surface area contributed by atoms with Crippen molar-refractivity contribution in [2.75, 3.05) is 30.5 Å². The van der Waals surface area contributed by atoms with Gasteiger partial charge in [-0.2, -0.15) is 0 Å². The van der Waals surface area contributed by atoms with Gasteiger partial charge >= 0.3 is 6.03 Å². The van der Waals surface area contributed by atoms with Crippen LogP contribution in [-0.2, 0) is 14.4 Å². The molecular weight excluding hydrogens is 570 g/mol. The van der Waals surface area contributed by atoms with Crippen LogP contribution in [-0.4, -0.2) is 44.1 Å². The van der Waals surface area contributed by atoms with Crippen molar-refractivity contribution in [2.45, 2.75) is 6.92 Å². The van der Waals surface area contributed by atoms with Gasteiger partial charge in [-0.05, 0) is 70.9 Å². The highest BCUT2D eigenvalue weighted by molar-refractivity contribution is 9.10. The number of barbiturate groups is 1. The molecule has 39 heavy (non-hydrogen) atoms. The van der Waals surface area contributed by atoms with Crippen molar-refractivity contribution in [3.8, 4) is 17.2 Å². The predicted molar refractivity (Wildman–Crippen MR) is 148 cm³/mol. The van der Waals surface area contributed by atoms with Gasteiger partial charge in [0.1, 0.15) is 11.3 Å². The number of carbonyl (C=O) groups is 4. The molecule has 2 N–H and O–H groups in total. The molecule has 0 aromatic heterocycles. The average Bonchev–Trinajstić information content (AvgIpc) is 2.91. The fraction of sp³-hybridized carbons (Fsp3) is 0.143. The van der Waals surface area contributed by atoms with E-state index in [4.69, 9.17) is 14.2 Å². The molecular formula is C28H24BrN3O7. The van der Waals surface area contributed by atoms with Crippen LogP contribution in [0.2, 0.25) is 0 Å². The summed E-state index contributed by atoms with van der Waals surface area (Å²) in [7, 11) is 1.51. The van der Waals surface area contributed by atoms with E-state index in [2.05, 4.69) is 26.6 Å². The molecule has 0 spiro atoms. The Hall–Kier alpha value is -4.64. The van der Waals surface area contributed by atoms with Gasteiger partial charge in [0, 0.05) is 0 Å². The first-order chi connectivity index (χ1) is 18.8. The molecule has 4 rings (SSSR count). The highest BCUT2D eigenvalue weighted by Gasteiger charge is 2.36. The van der Waals surface area contributed by atoms with Crippen LogP contribution in [0.25, 0.3) is 6.08 Å². The van der Waals surface area contributed by atoms with Crippen molar-refractivity contribution < 1.29 is 33.4 Å². The zero-order chi connectivity index (χ0) is 27.9. The summed E-state index contributed by atoms with van der Waals surface area (Å²) in [5.74, 6) is -0.960. The van der Waals surface area contributed by atoms with E-state index in [-0.39, 0.29) is 30.3 Å². The Morgan fingerprint density at radius 2 is 1.72 bits per heavy atom. The molecule has 1 aliphatic heterocycles. The lowest BCUT2D eigenvalue weighted by Gasteiger charge is -2.26. The first kappa shape index (κ1) is 27.4. The first-order valence-electron chi connectivity index (χ1n) is 11.8. The van der Waals surface area contributed by atoms with E-state index in [1.165, 1.54) is 13.2 Å². The van der Waals surface area contributed by atoms with Gasteiger partial charge in [0.15, 0.2) is 18.1 Å². The largest absolute Gasteiger partial charge is 0.495 e. The van der Waals surface area contributed by atoms with Gasteiger partial charge in [0.2, 0.25) is 0 Å². The van der Waals surface area contributed by atoms with Crippen molar-refractivity contribution in [2.24, 2.45) is 0 Å². The van der Waals surface area contributed by atoms with Gasteiger partial charge in [-0.15, -0.1) is 0 Å². The van der Waals surface area contributed by atoms with Crippen LogP contribution in [0.3, 0.4) is 0 Å². The molecule has 11 heteroatoms. The summed E-state index contributed by atoms with van der Waals surface area (Å²) in [5.41, 5.74) is 1.01. The molecule has 1 fully saturated rings. The number of halogens is 1. The molecule has 0 unspecified atom stereocenters. The Morgan fingerprint density at radius 1 is 1.00 bits per heavy atom. The second-order valence-electron chi connectivity index (χ2n) is 8.09. The lowest BCUT2D eigenvalue weighted by Crippen LogP contribution is -2.54. The molecule has 0 aliphatic carbocycles. The van der Waals surface area contributed by atoms with Crippen molar-refractivity contribution in [1.82, 2.24) is 5.32 Å². The van der Waals surface area contributed by atoms with E-state index in [1.807, 2.05) is 0 Å². The quantitative estimate of drug-likeness (QED) is 0.276. The van der Waals surface area contributed by atoms with Gasteiger partial charge < -0.3 is 19.5 Å². The average molecular weight is 594 g/mol. The Morgan fingerprint density at radius 3 is 2.44 bits per heavy atom. The number of rotatable bonds is 9. The van der Waals surface area contributed by atoms with Crippen molar-refractivity contribution in [3.05, 3.63) is 82.3 Å². The number of anilines is 2. The monoisotopic (exact) mass is 593 g/mol. The smallest absolute Gasteiger partial charge is 0.335 e. The summed E-state index contributed by atoms with van der Waals surface area (Å²) in [6.45, 7) is 1.73. The molecule has 0 saturated carbocycles. The highest BCUT2D eigenvalue weighted by atomic mass is 79.9. The number of hydrogen-bond acceptors (Lipinski definition) is 7. The van der Waals surface area contributed by atoms with Crippen molar-refractivity contribution in [3.63, 3.8) is 0 Å². The van der Waals surface area contributed by atoms with Crippen LogP contribution in [0.4, 0.5) is 16.2 Å². The number of hydrogen-bond donors (Lipinski definition) is 2. The number of methoxy groups -OCH3 is 1. The maximum Gasteiger partial charge on any atom is 0.335 e. The number of para-hydroxylation sites is 3. The number of nitrogens with one attached hydrogen (secondary N) is 2. The Balaban J connectivity index is 1.57. The molecule has 3 aromatic rings. The minimum Gasteiger partial charge on any atom is -0.495 e. The molecule has 5 amide bonds. The number of urea groups is 1. The number of imide groups is 2. The summed E-state index contributed by atoms with van der Waals surface area (Å²) in [5, 5.41) is 4.92. The molecule has 1 heterocycles. The lowest BCUT2D eigenvalue weighted by molar-refractivity contribution is -0.122. The van der Waals surface area contributed by atoms with Gasteiger partial charge in [-0.3, -0.25) is 19.7 Å². The van der Waals surface area contributed by atoms with Gasteiger partial charge in [-0.25, -0.2) is 9.69 Å². The van der Waals surface area contributed by atoms with E-state index in [1.54, 1.807) is 73.7 Å². The number of benzene rings is 3. The predicted octanol–water partition coefficient (Wildman–Crippen LogP) is 4.54. The van der Waals surface area contributed by atoms with Crippen LogP contribution in [0.5, 0.6) is 17.2 Å². The molecule has 0 radical (unpaired) electrons. The normalized spacial score (nSPS) is 14.2. The Labute approximate surface area is 232 Å². The van der Waals surface area contributed by atoms with E-state index >= 15 is 0 Å². The van der Waals surface area contributed by atoms with Crippen molar-refractivity contribution in [1.29, 1.82) is 0 Å². The van der Waals surface area contributed by atoms with Gasteiger partial charge in [0.05, 0.1) is 29.6 Å². The van der Waals surface area contributed by atoms with E-state index in [9.17, 15) is 19.2 Å². The highest BCUT2D eigenvalue weighted by Crippen LogP contribution is 2.38. The van der Waals surface area contributed by atoms with E-state index in [0.29, 0.717) is 27.2 Å². The molecule has 0 atom stereocenters. The molecule has 10 nitrogen and oxygen atoms in total. The fourth-order valence-corrected chi connectivity index (χ4v) is 4.36. The minimum atomic E-state index is -0.834. The Bertz CT molecular complexity index is 1460. The maximum atomic E-state index is 13.1. The second-order valence-corrected chi connectivity index (χ2v) is 8.95.